The average molecular weight is 492 g/mol. The molecule has 4 rings (SSSR count). The van der Waals surface area contributed by atoms with Gasteiger partial charge in [-0.3, -0.25) is 4.79 Å². The molecule has 0 radical (unpaired) electrons. The SMILES string of the molecule is C=CCCCCCCCc1cc(=O)n2c(N=Nc3ccc(C)cc3C)c(-c3ccccc3)c(C#N)c2[nH]1. The molecule has 0 unspecified atom stereocenters. The van der Waals surface area contributed by atoms with Gasteiger partial charge in [0.2, 0.25) is 0 Å². The van der Waals surface area contributed by atoms with E-state index in [0.29, 0.717) is 22.6 Å². The topological polar surface area (TPSA) is 85.8 Å². The minimum absolute atomic E-state index is 0.219. The summed E-state index contributed by atoms with van der Waals surface area (Å²) in [7, 11) is 0. The van der Waals surface area contributed by atoms with E-state index in [1.165, 1.54) is 17.2 Å². The summed E-state index contributed by atoms with van der Waals surface area (Å²) in [5.41, 5.74) is 5.73. The van der Waals surface area contributed by atoms with Crippen LogP contribution in [0.2, 0.25) is 0 Å². The lowest BCUT2D eigenvalue weighted by Crippen LogP contribution is -2.14. The van der Waals surface area contributed by atoms with Crippen molar-refractivity contribution in [3.05, 3.63) is 100.0 Å². The van der Waals surface area contributed by atoms with Gasteiger partial charge in [-0.1, -0.05) is 73.4 Å². The Bertz CT molecular complexity index is 1520. The maximum Gasteiger partial charge on any atom is 0.259 e. The van der Waals surface area contributed by atoms with Crippen molar-refractivity contribution in [2.24, 2.45) is 10.2 Å². The number of H-pyrrole nitrogens is 1. The first kappa shape index (κ1) is 25.8. The fourth-order valence-corrected chi connectivity index (χ4v) is 4.66. The number of fused-ring (bicyclic) bond motifs is 1. The predicted molar refractivity (Wildman–Crippen MR) is 150 cm³/mol. The molecule has 0 saturated heterocycles. The van der Waals surface area contributed by atoms with Crippen LogP contribution in [0.5, 0.6) is 0 Å². The molecule has 0 fully saturated rings. The number of nitrogens with one attached hydrogen (secondary N) is 1. The van der Waals surface area contributed by atoms with Crippen LogP contribution in [0.3, 0.4) is 0 Å². The molecule has 4 aromatic rings. The normalized spacial score (nSPS) is 11.3. The second kappa shape index (κ2) is 12.1. The molecule has 0 aliphatic heterocycles. The summed E-state index contributed by atoms with van der Waals surface area (Å²) in [6, 6.07) is 19.5. The Morgan fingerprint density at radius 1 is 1.00 bits per heavy atom. The number of unbranched alkanes of at least 4 members (excludes halogenated alkanes) is 5. The lowest BCUT2D eigenvalue weighted by molar-refractivity contribution is 0.614. The van der Waals surface area contributed by atoms with Gasteiger partial charge < -0.3 is 4.98 Å². The molecule has 0 atom stereocenters. The highest BCUT2D eigenvalue weighted by molar-refractivity contribution is 5.87. The van der Waals surface area contributed by atoms with Crippen LogP contribution in [0.15, 0.2) is 82.3 Å². The highest BCUT2D eigenvalue weighted by Crippen LogP contribution is 2.38. The zero-order valence-electron chi connectivity index (χ0n) is 21.6. The molecule has 0 aliphatic rings. The summed E-state index contributed by atoms with van der Waals surface area (Å²) in [4.78, 5) is 16.8. The van der Waals surface area contributed by atoms with Crippen molar-refractivity contribution in [1.29, 1.82) is 5.26 Å². The van der Waals surface area contributed by atoms with Crippen LogP contribution < -0.4 is 5.56 Å². The third-order valence-corrected chi connectivity index (χ3v) is 6.58. The Labute approximate surface area is 218 Å². The van der Waals surface area contributed by atoms with E-state index >= 15 is 0 Å². The lowest BCUT2D eigenvalue weighted by Gasteiger charge is -2.05. The predicted octanol–water partition coefficient (Wildman–Crippen LogP) is 8.27. The van der Waals surface area contributed by atoms with Crippen LogP contribution in [0.4, 0.5) is 11.5 Å². The van der Waals surface area contributed by atoms with Crippen molar-refractivity contribution in [2.45, 2.75) is 58.8 Å². The highest BCUT2D eigenvalue weighted by atomic mass is 16.1. The van der Waals surface area contributed by atoms with Crippen molar-refractivity contribution in [3.63, 3.8) is 0 Å². The molecular formula is C31H33N5O. The number of rotatable bonds is 11. The van der Waals surface area contributed by atoms with Crippen molar-refractivity contribution >= 4 is 17.2 Å². The van der Waals surface area contributed by atoms with E-state index in [0.717, 1.165) is 60.2 Å². The zero-order chi connectivity index (χ0) is 26.2. The van der Waals surface area contributed by atoms with Gasteiger partial charge in [0.05, 0.1) is 5.69 Å². The Morgan fingerprint density at radius 2 is 1.76 bits per heavy atom. The van der Waals surface area contributed by atoms with Gasteiger partial charge in [0, 0.05) is 17.3 Å². The number of hydrogen-bond donors (Lipinski definition) is 1. The summed E-state index contributed by atoms with van der Waals surface area (Å²) < 4.78 is 1.48. The van der Waals surface area contributed by atoms with Gasteiger partial charge in [0.25, 0.3) is 5.56 Å². The fourth-order valence-electron chi connectivity index (χ4n) is 4.66. The quantitative estimate of drug-likeness (QED) is 0.130. The van der Waals surface area contributed by atoms with Gasteiger partial charge >= 0.3 is 0 Å². The molecule has 37 heavy (non-hydrogen) atoms. The summed E-state index contributed by atoms with van der Waals surface area (Å²) >= 11 is 0. The summed E-state index contributed by atoms with van der Waals surface area (Å²) in [5, 5.41) is 19.2. The highest BCUT2D eigenvalue weighted by Gasteiger charge is 2.22. The standard InChI is InChI=1S/C31H33N5O/c1-4-5-6-7-8-9-13-16-25-20-28(37)36-30(33-25)26(21-32)29(24-14-11-10-12-15-24)31(36)35-34-27-18-17-22(2)19-23(27)3/h4,10-12,14-15,17-20,33H,1,5-9,13,16H2,2-3H3. The first-order chi connectivity index (χ1) is 18.0. The third kappa shape index (κ3) is 5.95. The minimum Gasteiger partial charge on any atom is -0.343 e. The second-order valence-corrected chi connectivity index (χ2v) is 9.45. The molecule has 188 valence electrons. The molecule has 0 aliphatic carbocycles. The van der Waals surface area contributed by atoms with Crippen LogP contribution in [0.25, 0.3) is 16.8 Å². The molecular weight excluding hydrogens is 458 g/mol. The lowest BCUT2D eigenvalue weighted by atomic mass is 10.0. The van der Waals surface area contributed by atoms with Crippen LogP contribution in [-0.2, 0) is 6.42 Å². The number of nitriles is 1. The van der Waals surface area contributed by atoms with Gasteiger partial charge in [-0.05, 0) is 56.7 Å². The summed E-state index contributed by atoms with van der Waals surface area (Å²) in [5.74, 6) is 0.354. The Hall–Kier alpha value is -4.24. The Balaban J connectivity index is 1.75. The van der Waals surface area contributed by atoms with Crippen molar-refractivity contribution in [3.8, 4) is 17.2 Å². The van der Waals surface area contributed by atoms with Crippen molar-refractivity contribution < 1.29 is 0 Å². The van der Waals surface area contributed by atoms with Crippen molar-refractivity contribution in [2.75, 3.05) is 0 Å². The van der Waals surface area contributed by atoms with Crippen LogP contribution in [0.1, 0.15) is 60.9 Å². The molecule has 0 saturated carbocycles. The summed E-state index contributed by atoms with van der Waals surface area (Å²) in [6.45, 7) is 7.78. The Morgan fingerprint density at radius 3 is 2.49 bits per heavy atom. The second-order valence-electron chi connectivity index (χ2n) is 9.45. The molecule has 0 bridgehead atoms. The zero-order valence-corrected chi connectivity index (χ0v) is 21.6. The van der Waals surface area contributed by atoms with Crippen molar-refractivity contribution in [1.82, 2.24) is 9.38 Å². The average Bonchev–Trinajstić information content (AvgIpc) is 3.22. The molecule has 0 amide bonds. The third-order valence-electron chi connectivity index (χ3n) is 6.58. The largest absolute Gasteiger partial charge is 0.343 e. The number of aromatic nitrogens is 2. The van der Waals surface area contributed by atoms with E-state index in [1.807, 2.05) is 68.5 Å². The number of benzene rings is 2. The molecule has 0 spiro atoms. The van der Waals surface area contributed by atoms with E-state index in [-0.39, 0.29) is 5.56 Å². The van der Waals surface area contributed by atoms with Gasteiger partial charge in [-0.2, -0.15) is 5.26 Å². The molecule has 6 nitrogen and oxygen atoms in total. The maximum absolute atomic E-state index is 13.4. The molecule has 6 heteroatoms. The number of allylic oxidation sites excluding steroid dienone is 1. The van der Waals surface area contributed by atoms with Gasteiger partial charge in [0.15, 0.2) is 5.82 Å². The number of nitrogens with zero attached hydrogens (tertiary/aromatic N) is 4. The first-order valence-corrected chi connectivity index (χ1v) is 12.9. The van der Waals surface area contributed by atoms with E-state index in [1.54, 1.807) is 6.07 Å². The van der Waals surface area contributed by atoms with E-state index in [4.69, 9.17) is 0 Å². The number of aryl methyl sites for hydroxylation is 3. The Kier molecular flexibility index (Phi) is 8.48. The number of azo groups is 1. The molecule has 2 aromatic carbocycles. The van der Waals surface area contributed by atoms with E-state index in [2.05, 4.69) is 27.9 Å². The van der Waals surface area contributed by atoms with Gasteiger partial charge in [-0.15, -0.1) is 16.8 Å². The smallest absolute Gasteiger partial charge is 0.259 e. The van der Waals surface area contributed by atoms with E-state index < -0.39 is 0 Å². The number of hydrogen-bond acceptors (Lipinski definition) is 4. The van der Waals surface area contributed by atoms with Crippen LogP contribution >= 0.6 is 0 Å². The monoisotopic (exact) mass is 491 g/mol. The first-order valence-electron chi connectivity index (χ1n) is 12.9. The molecule has 2 heterocycles. The molecule has 2 aromatic heterocycles. The van der Waals surface area contributed by atoms with Gasteiger partial charge in [0.1, 0.15) is 17.3 Å². The van der Waals surface area contributed by atoms with Gasteiger partial charge in [-0.25, -0.2) is 4.40 Å². The maximum atomic E-state index is 13.4. The van der Waals surface area contributed by atoms with Crippen LogP contribution in [-0.4, -0.2) is 9.38 Å². The summed E-state index contributed by atoms with van der Waals surface area (Å²) in [6.07, 6.45) is 9.37. The minimum atomic E-state index is -0.219. The fraction of sp³-hybridized carbons (Fsp3) is 0.290. The van der Waals surface area contributed by atoms with Crippen LogP contribution in [0, 0.1) is 25.2 Å². The number of aromatic amines is 1. The van der Waals surface area contributed by atoms with E-state index in [9.17, 15) is 10.1 Å². The molecule has 1 N–H and O–H groups in total.